The second-order valence-corrected chi connectivity index (χ2v) is 5.52. The maximum atomic E-state index is 10.9. The number of fused-ring (bicyclic) bond motifs is 1. The molecular weight excluding hydrogens is 250 g/mol. The highest BCUT2D eigenvalue weighted by molar-refractivity contribution is 5.86. The van der Waals surface area contributed by atoms with Gasteiger partial charge in [-0.2, -0.15) is 0 Å². The van der Waals surface area contributed by atoms with Gasteiger partial charge in [0.1, 0.15) is 11.5 Å². The van der Waals surface area contributed by atoms with Crippen molar-refractivity contribution >= 4 is 16.7 Å². The van der Waals surface area contributed by atoms with E-state index in [0.29, 0.717) is 6.42 Å². The molecule has 108 valence electrons. The molecule has 1 heterocycles. The van der Waals surface area contributed by atoms with Gasteiger partial charge in [-0.3, -0.25) is 0 Å². The Hall–Kier alpha value is -1.77. The van der Waals surface area contributed by atoms with Gasteiger partial charge in [0, 0.05) is 24.5 Å². The Morgan fingerprint density at radius 1 is 1.25 bits per heavy atom. The SMILES string of the molecule is CC(=O)CCCCn1ccc2c(OC(C)C)cccc21. The van der Waals surface area contributed by atoms with Crippen LogP contribution in [0.4, 0.5) is 0 Å². The Morgan fingerprint density at radius 2 is 2.05 bits per heavy atom. The van der Waals surface area contributed by atoms with Crippen LogP contribution >= 0.6 is 0 Å². The molecule has 2 aromatic rings. The zero-order valence-electron chi connectivity index (χ0n) is 12.6. The van der Waals surface area contributed by atoms with Crippen LogP contribution in [0.3, 0.4) is 0 Å². The number of hydrogen-bond acceptors (Lipinski definition) is 2. The number of carbonyl (C=O) groups is 1. The molecule has 0 aliphatic carbocycles. The van der Waals surface area contributed by atoms with E-state index in [-0.39, 0.29) is 11.9 Å². The topological polar surface area (TPSA) is 31.2 Å². The molecule has 3 nitrogen and oxygen atoms in total. The van der Waals surface area contributed by atoms with Gasteiger partial charge in [-0.15, -0.1) is 0 Å². The largest absolute Gasteiger partial charge is 0.490 e. The molecule has 2 rings (SSSR count). The normalized spacial score (nSPS) is 11.2. The molecule has 0 unspecified atom stereocenters. The van der Waals surface area contributed by atoms with Gasteiger partial charge in [-0.1, -0.05) is 6.07 Å². The first-order chi connectivity index (χ1) is 9.58. The zero-order valence-corrected chi connectivity index (χ0v) is 12.6. The smallest absolute Gasteiger partial charge is 0.129 e. The molecule has 0 atom stereocenters. The molecule has 0 fully saturated rings. The highest BCUT2D eigenvalue weighted by atomic mass is 16.5. The van der Waals surface area contributed by atoms with E-state index in [1.807, 2.05) is 26.0 Å². The molecule has 20 heavy (non-hydrogen) atoms. The first-order valence-electron chi connectivity index (χ1n) is 7.32. The fourth-order valence-corrected chi connectivity index (χ4v) is 2.40. The highest BCUT2D eigenvalue weighted by Gasteiger charge is 2.07. The maximum Gasteiger partial charge on any atom is 0.129 e. The van der Waals surface area contributed by atoms with Gasteiger partial charge in [0.15, 0.2) is 0 Å². The quantitative estimate of drug-likeness (QED) is 0.708. The maximum absolute atomic E-state index is 10.9. The molecule has 0 amide bonds. The summed E-state index contributed by atoms with van der Waals surface area (Å²) in [5, 5.41) is 1.16. The Labute approximate surface area is 120 Å². The lowest BCUT2D eigenvalue weighted by Crippen LogP contribution is -2.05. The Kier molecular flexibility index (Phi) is 4.83. The van der Waals surface area contributed by atoms with Gasteiger partial charge < -0.3 is 14.1 Å². The van der Waals surface area contributed by atoms with Gasteiger partial charge >= 0.3 is 0 Å². The minimum Gasteiger partial charge on any atom is -0.490 e. The van der Waals surface area contributed by atoms with Gasteiger partial charge in [0.05, 0.1) is 11.6 Å². The van der Waals surface area contributed by atoms with Gasteiger partial charge in [0.2, 0.25) is 0 Å². The minimum atomic E-state index is 0.180. The van der Waals surface area contributed by atoms with Crippen molar-refractivity contribution < 1.29 is 9.53 Å². The third kappa shape index (κ3) is 3.62. The summed E-state index contributed by atoms with van der Waals surface area (Å²) in [7, 11) is 0. The van der Waals surface area contributed by atoms with Crippen LogP contribution in [0.2, 0.25) is 0 Å². The molecule has 0 spiro atoms. The predicted octanol–water partition coefficient (Wildman–Crippen LogP) is 4.19. The molecule has 0 radical (unpaired) electrons. The zero-order chi connectivity index (χ0) is 14.5. The van der Waals surface area contributed by atoms with E-state index in [4.69, 9.17) is 4.74 Å². The number of hydrogen-bond donors (Lipinski definition) is 0. The Morgan fingerprint density at radius 3 is 2.75 bits per heavy atom. The van der Waals surface area contributed by atoms with Crippen molar-refractivity contribution in [2.45, 2.75) is 52.7 Å². The molecule has 0 saturated heterocycles. The third-order valence-electron chi connectivity index (χ3n) is 3.31. The van der Waals surface area contributed by atoms with Crippen LogP contribution in [0.1, 0.15) is 40.0 Å². The van der Waals surface area contributed by atoms with E-state index in [1.54, 1.807) is 6.92 Å². The van der Waals surface area contributed by atoms with Crippen LogP contribution in [0.15, 0.2) is 30.5 Å². The van der Waals surface area contributed by atoms with E-state index in [9.17, 15) is 4.79 Å². The van der Waals surface area contributed by atoms with Crippen molar-refractivity contribution in [3.63, 3.8) is 0 Å². The molecular formula is C17H23NO2. The van der Waals surface area contributed by atoms with Gasteiger partial charge in [-0.25, -0.2) is 0 Å². The molecule has 0 bridgehead atoms. The monoisotopic (exact) mass is 273 g/mol. The summed E-state index contributed by atoms with van der Waals surface area (Å²) in [5.74, 6) is 1.22. The summed E-state index contributed by atoms with van der Waals surface area (Å²) in [4.78, 5) is 10.9. The fraction of sp³-hybridized carbons (Fsp3) is 0.471. The molecule has 0 aliphatic rings. The lowest BCUT2D eigenvalue weighted by Gasteiger charge is -2.11. The van der Waals surface area contributed by atoms with Crippen molar-refractivity contribution in [3.05, 3.63) is 30.5 Å². The van der Waals surface area contributed by atoms with Crippen molar-refractivity contribution in [1.82, 2.24) is 4.57 Å². The molecule has 1 aromatic carbocycles. The van der Waals surface area contributed by atoms with Gasteiger partial charge in [0.25, 0.3) is 0 Å². The average Bonchev–Trinajstić information content (AvgIpc) is 2.78. The molecule has 0 saturated carbocycles. The summed E-state index contributed by atoms with van der Waals surface area (Å²) in [6.45, 7) is 6.68. The van der Waals surface area contributed by atoms with E-state index < -0.39 is 0 Å². The van der Waals surface area contributed by atoms with E-state index in [2.05, 4.69) is 22.9 Å². The van der Waals surface area contributed by atoms with Crippen molar-refractivity contribution in [2.75, 3.05) is 0 Å². The molecule has 0 aliphatic heterocycles. The number of Topliss-reactive ketones (excluding diaryl/α,β-unsaturated/α-hetero) is 1. The molecule has 3 heteroatoms. The Bertz CT molecular complexity index is 584. The third-order valence-corrected chi connectivity index (χ3v) is 3.31. The fourth-order valence-electron chi connectivity index (χ4n) is 2.40. The second kappa shape index (κ2) is 6.60. The minimum absolute atomic E-state index is 0.180. The number of unbranched alkanes of at least 4 members (excludes halogenated alkanes) is 1. The predicted molar refractivity (Wildman–Crippen MR) is 82.2 cm³/mol. The van der Waals surface area contributed by atoms with Crippen molar-refractivity contribution in [2.24, 2.45) is 0 Å². The summed E-state index contributed by atoms with van der Waals surface area (Å²) < 4.78 is 8.08. The van der Waals surface area contributed by atoms with Crippen molar-refractivity contribution in [1.29, 1.82) is 0 Å². The number of rotatable bonds is 7. The van der Waals surface area contributed by atoms with Crippen LogP contribution in [0.25, 0.3) is 10.9 Å². The number of aryl methyl sites for hydroxylation is 1. The summed E-state index contributed by atoms with van der Waals surface area (Å²) in [6, 6.07) is 8.28. The van der Waals surface area contributed by atoms with E-state index in [0.717, 1.165) is 30.5 Å². The average molecular weight is 273 g/mol. The van der Waals surface area contributed by atoms with Gasteiger partial charge in [-0.05, 0) is 51.8 Å². The van der Waals surface area contributed by atoms with Crippen molar-refractivity contribution in [3.8, 4) is 5.75 Å². The number of carbonyl (C=O) groups excluding carboxylic acids is 1. The highest BCUT2D eigenvalue weighted by Crippen LogP contribution is 2.27. The second-order valence-electron chi connectivity index (χ2n) is 5.52. The van der Waals surface area contributed by atoms with Crippen LogP contribution in [-0.2, 0) is 11.3 Å². The number of nitrogens with zero attached hydrogens (tertiary/aromatic N) is 1. The first kappa shape index (κ1) is 14.6. The van der Waals surface area contributed by atoms with Crippen LogP contribution in [0.5, 0.6) is 5.75 Å². The summed E-state index contributed by atoms with van der Waals surface area (Å²) in [6.07, 6.45) is 4.95. The molecule has 0 N–H and O–H groups in total. The summed E-state index contributed by atoms with van der Waals surface area (Å²) >= 11 is 0. The summed E-state index contributed by atoms with van der Waals surface area (Å²) in [5.41, 5.74) is 1.20. The van der Waals surface area contributed by atoms with E-state index in [1.165, 1.54) is 5.52 Å². The number of aromatic nitrogens is 1. The lowest BCUT2D eigenvalue weighted by molar-refractivity contribution is -0.117. The van der Waals surface area contributed by atoms with Crippen LogP contribution in [0, 0.1) is 0 Å². The first-order valence-corrected chi connectivity index (χ1v) is 7.32. The number of ether oxygens (including phenoxy) is 1. The lowest BCUT2D eigenvalue weighted by atomic mass is 10.2. The van der Waals surface area contributed by atoms with E-state index >= 15 is 0 Å². The Balaban J connectivity index is 2.09. The number of ketones is 1. The van der Waals surface area contributed by atoms with Crippen LogP contribution < -0.4 is 4.74 Å². The standard InChI is InChI=1S/C17H23NO2/c1-13(2)20-17-9-6-8-16-15(17)10-12-18(16)11-5-4-7-14(3)19/h6,8-10,12-13H,4-5,7,11H2,1-3H3. The van der Waals surface area contributed by atoms with Crippen LogP contribution in [-0.4, -0.2) is 16.5 Å². The number of benzene rings is 1. The molecule has 1 aromatic heterocycles.